The average molecular weight is 882 g/mol. The van der Waals surface area contributed by atoms with E-state index < -0.39 is 0 Å². The monoisotopic (exact) mass is 880 g/mol. The molecule has 1 saturated heterocycles. The molecule has 1 aliphatic rings. The normalized spacial score (nSPS) is 12.6. The molecule has 302 valence electrons. The molecule has 15 nitrogen and oxygen atoms in total. The molecular weight excluding hydrogens is 843 g/mol. The molecule has 0 aliphatic carbocycles. The molecule has 0 saturated carbocycles. The highest BCUT2D eigenvalue weighted by Gasteiger charge is 2.17. The Morgan fingerprint density at radius 2 is 1.21 bits per heavy atom. The summed E-state index contributed by atoms with van der Waals surface area (Å²) in [5.41, 5.74) is 2.97. The Hall–Kier alpha value is -5.01. The van der Waals surface area contributed by atoms with Gasteiger partial charge in [0.1, 0.15) is 44.0 Å². The summed E-state index contributed by atoms with van der Waals surface area (Å²) in [6.45, 7) is 12.5. The fourth-order valence-electron chi connectivity index (χ4n) is 5.51. The van der Waals surface area contributed by atoms with E-state index in [-0.39, 0.29) is 11.8 Å². The van der Waals surface area contributed by atoms with Crippen molar-refractivity contribution in [3.63, 3.8) is 0 Å². The molecule has 7 rings (SSSR count). The molecule has 58 heavy (non-hydrogen) atoms. The molecule has 4 aromatic heterocycles. The zero-order valence-corrected chi connectivity index (χ0v) is 35.7. The summed E-state index contributed by atoms with van der Waals surface area (Å²) in [4.78, 5) is 54.0. The molecular formula is C38H39Cl3N12O3S2. The number of amides is 2. The van der Waals surface area contributed by atoms with E-state index in [1.54, 1.807) is 25.1 Å². The quantitative estimate of drug-likeness (QED) is 0.0736. The maximum atomic E-state index is 12.7. The van der Waals surface area contributed by atoms with Crippen LogP contribution in [0, 0.1) is 27.7 Å². The summed E-state index contributed by atoms with van der Waals surface area (Å²) in [5.74, 6) is 2.50. The number of halogens is 3. The smallest absolute Gasteiger partial charge is 0.267 e. The SMILES string of the molecule is Cc1nc(Cl)cc(Nc2ncc(C(=O)Nc3c(C)cccc3Cl)s2)n1.Cc1nc(NCCN2CCOCC2)cc(Nc2ncc(C(=O)Nc3c(C)cccc3Cl)s2)n1. The molecule has 0 unspecified atom stereocenters. The Balaban J connectivity index is 0.000000203. The van der Waals surface area contributed by atoms with Crippen molar-refractivity contribution in [3.8, 4) is 0 Å². The number of morpholine rings is 1. The van der Waals surface area contributed by atoms with Gasteiger partial charge in [0.25, 0.3) is 11.8 Å². The first kappa shape index (κ1) is 42.6. The summed E-state index contributed by atoms with van der Waals surface area (Å²) in [7, 11) is 0. The third kappa shape index (κ3) is 12.0. The molecule has 5 N–H and O–H groups in total. The van der Waals surface area contributed by atoms with Crippen molar-refractivity contribution in [1.29, 1.82) is 0 Å². The molecule has 5 heterocycles. The Morgan fingerprint density at radius 1 is 0.707 bits per heavy atom. The summed E-state index contributed by atoms with van der Waals surface area (Å²) in [6, 6.07) is 14.3. The number of carbonyl (C=O) groups is 2. The van der Waals surface area contributed by atoms with Gasteiger partial charge in [0.05, 0.1) is 47.0 Å². The van der Waals surface area contributed by atoms with Gasteiger partial charge in [0.15, 0.2) is 10.3 Å². The summed E-state index contributed by atoms with van der Waals surface area (Å²) in [5, 5.41) is 17.6. The molecule has 1 aliphatic heterocycles. The highest BCUT2D eigenvalue weighted by molar-refractivity contribution is 7.18. The number of ether oxygens (including phenoxy) is 1. The van der Waals surface area contributed by atoms with Gasteiger partial charge in [-0.25, -0.2) is 29.9 Å². The van der Waals surface area contributed by atoms with Crippen molar-refractivity contribution in [3.05, 3.63) is 109 Å². The number of nitrogens with one attached hydrogen (secondary N) is 5. The van der Waals surface area contributed by atoms with E-state index in [4.69, 9.17) is 39.5 Å². The number of rotatable bonds is 12. The maximum absolute atomic E-state index is 12.7. The van der Waals surface area contributed by atoms with Gasteiger partial charge in [-0.1, -0.05) is 81.7 Å². The zero-order chi connectivity index (χ0) is 41.2. The Kier molecular flexibility index (Phi) is 14.8. The van der Waals surface area contributed by atoms with E-state index in [2.05, 4.69) is 61.4 Å². The van der Waals surface area contributed by atoms with Crippen LogP contribution in [0.15, 0.2) is 60.9 Å². The van der Waals surface area contributed by atoms with Gasteiger partial charge >= 0.3 is 0 Å². The van der Waals surface area contributed by atoms with E-state index in [0.717, 1.165) is 56.3 Å². The average Bonchev–Trinajstić information content (AvgIpc) is 3.85. The molecule has 0 atom stereocenters. The second kappa shape index (κ2) is 20.1. The van der Waals surface area contributed by atoms with Crippen molar-refractivity contribution in [2.24, 2.45) is 0 Å². The number of hydrogen-bond acceptors (Lipinski definition) is 15. The first-order valence-electron chi connectivity index (χ1n) is 17.9. The standard InChI is InChI=1S/C22H26ClN7O2S.C16H13Cl2N5OS/c1-14-4-3-5-16(23)20(14)29-21(31)17-13-25-22(33-17)28-19-12-18(26-15(2)27-19)24-6-7-30-8-10-32-11-9-30;1-8-4-3-5-10(17)14(8)23-15(24)11-7-19-16(25-11)22-13-6-12(18)20-9(2)21-13/h3-5,12-13H,6-11H2,1-2H3,(H,29,31)(H2,24,25,26,27,28);3-7H,1-2H3,(H,23,24)(H,19,20,21,22). The second-order valence-electron chi connectivity index (χ2n) is 12.8. The summed E-state index contributed by atoms with van der Waals surface area (Å²) in [6.07, 6.45) is 3.02. The van der Waals surface area contributed by atoms with Crippen LogP contribution in [0.25, 0.3) is 0 Å². The number of thiazole rings is 2. The van der Waals surface area contributed by atoms with Gasteiger partial charge in [-0.2, -0.15) is 0 Å². The maximum Gasteiger partial charge on any atom is 0.267 e. The lowest BCUT2D eigenvalue weighted by atomic mass is 10.2. The number of hydrogen-bond donors (Lipinski definition) is 5. The minimum atomic E-state index is -0.279. The van der Waals surface area contributed by atoms with E-state index >= 15 is 0 Å². The van der Waals surface area contributed by atoms with E-state index in [1.165, 1.54) is 35.1 Å². The van der Waals surface area contributed by atoms with Crippen LogP contribution in [0.4, 0.5) is 39.1 Å². The minimum absolute atomic E-state index is 0.263. The Morgan fingerprint density at radius 3 is 1.72 bits per heavy atom. The lowest BCUT2D eigenvalue weighted by molar-refractivity contribution is 0.0398. The van der Waals surface area contributed by atoms with Crippen LogP contribution in [-0.4, -0.2) is 86.0 Å². The zero-order valence-electron chi connectivity index (χ0n) is 31.8. The Labute approximate surface area is 358 Å². The van der Waals surface area contributed by atoms with Crippen LogP contribution in [0.2, 0.25) is 15.2 Å². The number of para-hydroxylation sites is 2. The van der Waals surface area contributed by atoms with Crippen LogP contribution in [-0.2, 0) is 4.74 Å². The van der Waals surface area contributed by atoms with Crippen LogP contribution in [0.1, 0.15) is 42.1 Å². The van der Waals surface area contributed by atoms with Gasteiger partial charge in [0.2, 0.25) is 0 Å². The van der Waals surface area contributed by atoms with Crippen LogP contribution in [0.5, 0.6) is 0 Å². The number of carbonyl (C=O) groups excluding carboxylic acids is 2. The third-order valence-electron chi connectivity index (χ3n) is 8.33. The minimum Gasteiger partial charge on any atom is -0.379 e. The Bertz CT molecular complexity index is 2330. The summed E-state index contributed by atoms with van der Waals surface area (Å²) >= 11 is 20.7. The van der Waals surface area contributed by atoms with Crippen molar-refractivity contribution in [1.82, 2.24) is 34.8 Å². The van der Waals surface area contributed by atoms with Crippen molar-refractivity contribution >= 4 is 108 Å². The predicted octanol–water partition coefficient (Wildman–Crippen LogP) is 8.80. The second-order valence-corrected chi connectivity index (χ2v) is 16.0. The highest BCUT2D eigenvalue weighted by atomic mass is 35.5. The number of anilines is 7. The number of nitrogens with zero attached hydrogens (tertiary/aromatic N) is 7. The molecule has 2 aromatic carbocycles. The molecule has 1 fully saturated rings. The molecule has 6 aromatic rings. The van der Waals surface area contributed by atoms with Crippen LogP contribution in [0.3, 0.4) is 0 Å². The first-order valence-corrected chi connectivity index (χ1v) is 20.7. The van der Waals surface area contributed by atoms with Gasteiger partial charge in [-0.3, -0.25) is 14.5 Å². The fourth-order valence-corrected chi connectivity index (χ4v) is 7.71. The molecule has 0 spiro atoms. The molecule has 20 heteroatoms. The van der Waals surface area contributed by atoms with Crippen molar-refractivity contribution in [2.75, 3.05) is 66.0 Å². The van der Waals surface area contributed by atoms with Gasteiger partial charge in [-0.15, -0.1) is 0 Å². The van der Waals surface area contributed by atoms with Gasteiger partial charge in [-0.05, 0) is 51.0 Å². The van der Waals surface area contributed by atoms with E-state index in [0.29, 0.717) is 69.9 Å². The molecule has 0 bridgehead atoms. The van der Waals surface area contributed by atoms with Gasteiger partial charge < -0.3 is 31.3 Å². The number of aromatic nitrogens is 6. The fraction of sp³-hybridized carbons (Fsp3) is 0.263. The largest absolute Gasteiger partial charge is 0.379 e. The number of aryl methyl sites for hydroxylation is 4. The van der Waals surface area contributed by atoms with E-state index in [9.17, 15) is 9.59 Å². The lowest BCUT2D eigenvalue weighted by Gasteiger charge is -2.26. The lowest BCUT2D eigenvalue weighted by Crippen LogP contribution is -2.39. The third-order valence-corrected chi connectivity index (χ3v) is 11.0. The van der Waals surface area contributed by atoms with E-state index in [1.807, 2.05) is 51.1 Å². The topological polar surface area (TPSA) is 184 Å². The van der Waals surface area contributed by atoms with Crippen molar-refractivity contribution < 1.29 is 14.3 Å². The summed E-state index contributed by atoms with van der Waals surface area (Å²) < 4.78 is 5.38. The molecule has 2 amide bonds. The van der Waals surface area contributed by atoms with Crippen LogP contribution >= 0.6 is 57.5 Å². The highest BCUT2D eigenvalue weighted by Crippen LogP contribution is 2.30. The predicted molar refractivity (Wildman–Crippen MR) is 233 cm³/mol. The molecule has 0 radical (unpaired) electrons. The first-order chi connectivity index (χ1) is 27.9. The van der Waals surface area contributed by atoms with Crippen LogP contribution < -0.4 is 26.6 Å². The van der Waals surface area contributed by atoms with Crippen molar-refractivity contribution in [2.45, 2.75) is 27.7 Å². The number of benzene rings is 2. The van der Waals surface area contributed by atoms with Gasteiger partial charge in [0, 0.05) is 38.3 Å².